The van der Waals surface area contributed by atoms with Gasteiger partial charge in [-0.2, -0.15) is 0 Å². The fraction of sp³-hybridized carbons (Fsp3) is 0.950. The van der Waals surface area contributed by atoms with Crippen LogP contribution in [0.4, 0.5) is 0 Å². The zero-order chi connectivity index (χ0) is 16.9. The van der Waals surface area contributed by atoms with Crippen molar-refractivity contribution >= 4 is 5.97 Å². The molecule has 0 aromatic rings. The van der Waals surface area contributed by atoms with Crippen molar-refractivity contribution in [1.29, 1.82) is 0 Å². The lowest BCUT2D eigenvalue weighted by atomic mass is 9.38. The predicted molar refractivity (Wildman–Crippen MR) is 87.6 cm³/mol. The van der Waals surface area contributed by atoms with E-state index in [0.717, 1.165) is 25.7 Å². The van der Waals surface area contributed by atoms with Crippen LogP contribution in [0.15, 0.2) is 0 Å². The summed E-state index contributed by atoms with van der Waals surface area (Å²) >= 11 is 0. The van der Waals surface area contributed by atoms with Crippen LogP contribution in [0, 0.1) is 39.9 Å². The van der Waals surface area contributed by atoms with Crippen molar-refractivity contribution in [2.45, 2.75) is 78.3 Å². The van der Waals surface area contributed by atoms with Crippen LogP contribution in [0.5, 0.6) is 0 Å². The summed E-state index contributed by atoms with van der Waals surface area (Å²) in [5.41, 5.74) is 0.353. The summed E-state index contributed by atoms with van der Waals surface area (Å²) in [6.07, 6.45) is 6.63. The van der Waals surface area contributed by atoms with E-state index in [2.05, 4.69) is 20.8 Å². The van der Waals surface area contributed by atoms with Crippen LogP contribution in [0.25, 0.3) is 0 Å². The fourth-order valence-electron chi connectivity index (χ4n) is 8.19. The zero-order valence-corrected chi connectivity index (χ0v) is 15.1. The van der Waals surface area contributed by atoms with Crippen molar-refractivity contribution in [3.8, 4) is 0 Å². The standard InChI is InChI=1S/C20H30O4/c1-18(2)8-4-9-19(3)12(18)7-10-20-13(19)6-5-11-14(20)16(23-15(11)21)24-17(20)22/h11-14,16-17,22H,4-10H2,1-3H3/t11-,12+,13-,14+,16?,17-,19+,20+/m1/s1. The lowest BCUT2D eigenvalue weighted by molar-refractivity contribution is -0.241. The van der Waals surface area contributed by atoms with Gasteiger partial charge in [-0.3, -0.25) is 4.79 Å². The molecule has 24 heavy (non-hydrogen) atoms. The summed E-state index contributed by atoms with van der Waals surface area (Å²) in [6, 6.07) is 0. The second kappa shape index (κ2) is 4.56. The Labute approximate surface area is 144 Å². The number of hydrogen-bond acceptors (Lipinski definition) is 4. The highest BCUT2D eigenvalue weighted by molar-refractivity contribution is 5.75. The maximum Gasteiger partial charge on any atom is 0.311 e. The van der Waals surface area contributed by atoms with E-state index in [1.807, 2.05) is 0 Å². The second-order valence-electron chi connectivity index (χ2n) is 10.1. The van der Waals surface area contributed by atoms with Gasteiger partial charge in [-0.15, -0.1) is 0 Å². The van der Waals surface area contributed by atoms with E-state index in [1.165, 1.54) is 19.3 Å². The molecule has 0 aromatic heterocycles. The lowest BCUT2D eigenvalue weighted by Gasteiger charge is -2.65. The van der Waals surface area contributed by atoms with E-state index in [9.17, 15) is 9.90 Å². The molecule has 1 N–H and O–H groups in total. The molecule has 0 bridgehead atoms. The Morgan fingerprint density at radius 2 is 1.83 bits per heavy atom. The van der Waals surface area contributed by atoms with E-state index >= 15 is 0 Å². The van der Waals surface area contributed by atoms with Gasteiger partial charge in [0.15, 0.2) is 6.29 Å². The van der Waals surface area contributed by atoms with Gasteiger partial charge in [-0.1, -0.05) is 27.2 Å². The molecule has 1 unspecified atom stereocenters. The number of aliphatic hydroxyl groups is 1. The van der Waals surface area contributed by atoms with Crippen LogP contribution in [0.2, 0.25) is 0 Å². The molecule has 1 spiro atoms. The number of hydrogen-bond donors (Lipinski definition) is 1. The first-order valence-corrected chi connectivity index (χ1v) is 9.85. The first kappa shape index (κ1) is 15.6. The molecule has 2 heterocycles. The minimum atomic E-state index is -0.767. The van der Waals surface area contributed by atoms with Crippen LogP contribution in [-0.2, 0) is 14.3 Å². The molecule has 5 fully saturated rings. The van der Waals surface area contributed by atoms with E-state index < -0.39 is 12.6 Å². The molecule has 2 aliphatic heterocycles. The zero-order valence-electron chi connectivity index (χ0n) is 15.1. The molecular formula is C20H30O4. The third kappa shape index (κ3) is 1.61. The number of carbonyl (C=O) groups excluding carboxylic acids is 1. The van der Waals surface area contributed by atoms with Crippen molar-refractivity contribution in [2.24, 2.45) is 39.9 Å². The van der Waals surface area contributed by atoms with Crippen LogP contribution in [-0.4, -0.2) is 23.7 Å². The average Bonchev–Trinajstić information content (AvgIpc) is 2.96. The molecule has 3 aliphatic carbocycles. The van der Waals surface area contributed by atoms with Crippen LogP contribution in [0.1, 0.15) is 65.7 Å². The van der Waals surface area contributed by atoms with Crippen molar-refractivity contribution in [3.63, 3.8) is 0 Å². The normalized spacial score (nSPS) is 57.8. The van der Waals surface area contributed by atoms with Gasteiger partial charge in [-0.05, 0) is 61.2 Å². The van der Waals surface area contributed by atoms with Gasteiger partial charge < -0.3 is 14.6 Å². The smallest absolute Gasteiger partial charge is 0.311 e. The number of rotatable bonds is 0. The quantitative estimate of drug-likeness (QED) is 0.689. The molecule has 8 atom stereocenters. The SMILES string of the molecule is CC1(C)CCC[C@]2(C)[C@H]3CC[C@H]4C(=O)OC5O[C@@H](O)[C@]3(CC[C@@H]12)[C@H]54. The molecule has 4 nitrogen and oxygen atoms in total. The Morgan fingerprint density at radius 3 is 2.62 bits per heavy atom. The largest absolute Gasteiger partial charge is 0.435 e. The van der Waals surface area contributed by atoms with E-state index in [0.29, 0.717) is 17.3 Å². The number of carbonyl (C=O) groups is 1. The number of ether oxygens (including phenoxy) is 2. The molecule has 0 aromatic carbocycles. The Morgan fingerprint density at radius 1 is 1.04 bits per heavy atom. The Kier molecular flexibility index (Phi) is 2.97. The maximum atomic E-state index is 12.3. The molecular weight excluding hydrogens is 304 g/mol. The van der Waals surface area contributed by atoms with E-state index in [-0.39, 0.29) is 28.6 Å². The number of fused-ring (bicyclic) bond motifs is 2. The summed E-state index contributed by atoms with van der Waals surface area (Å²) in [5, 5.41) is 10.9. The highest BCUT2D eigenvalue weighted by atomic mass is 16.8. The van der Waals surface area contributed by atoms with Gasteiger partial charge in [0.25, 0.3) is 0 Å². The van der Waals surface area contributed by atoms with Crippen LogP contribution >= 0.6 is 0 Å². The van der Waals surface area contributed by atoms with Gasteiger partial charge >= 0.3 is 5.97 Å². The number of esters is 1. The Hall–Kier alpha value is -0.610. The minimum Gasteiger partial charge on any atom is -0.435 e. The Bertz CT molecular complexity index is 586. The lowest BCUT2D eigenvalue weighted by Crippen LogP contribution is -2.62. The summed E-state index contributed by atoms with van der Waals surface area (Å²) in [6.45, 7) is 7.35. The highest BCUT2D eigenvalue weighted by Gasteiger charge is 2.74. The molecule has 5 rings (SSSR count). The average molecular weight is 334 g/mol. The van der Waals surface area contributed by atoms with Gasteiger partial charge in [0, 0.05) is 11.3 Å². The summed E-state index contributed by atoms with van der Waals surface area (Å²) in [5.74, 6) is 1.07. The van der Waals surface area contributed by atoms with E-state index in [4.69, 9.17) is 9.47 Å². The molecule has 2 saturated heterocycles. The minimum absolute atomic E-state index is 0.0554. The third-order valence-corrected chi connectivity index (χ3v) is 8.96. The highest BCUT2D eigenvalue weighted by Crippen LogP contribution is 2.73. The fourth-order valence-corrected chi connectivity index (χ4v) is 8.19. The van der Waals surface area contributed by atoms with Gasteiger partial charge in [0.2, 0.25) is 6.29 Å². The Balaban J connectivity index is 1.61. The molecule has 134 valence electrons. The molecule has 5 aliphatic rings. The first-order chi connectivity index (χ1) is 11.3. The maximum absolute atomic E-state index is 12.3. The first-order valence-electron chi connectivity index (χ1n) is 9.85. The molecule has 4 heteroatoms. The monoisotopic (exact) mass is 334 g/mol. The summed E-state index contributed by atoms with van der Waals surface area (Å²) in [4.78, 5) is 12.3. The van der Waals surface area contributed by atoms with Crippen LogP contribution < -0.4 is 0 Å². The van der Waals surface area contributed by atoms with Gasteiger partial charge in [0.05, 0.1) is 5.92 Å². The number of aliphatic hydroxyl groups excluding tert-OH is 1. The second-order valence-corrected chi connectivity index (χ2v) is 10.1. The van der Waals surface area contributed by atoms with Crippen molar-refractivity contribution in [1.82, 2.24) is 0 Å². The van der Waals surface area contributed by atoms with Gasteiger partial charge in [0.1, 0.15) is 0 Å². The topological polar surface area (TPSA) is 55.8 Å². The van der Waals surface area contributed by atoms with Crippen LogP contribution in [0.3, 0.4) is 0 Å². The van der Waals surface area contributed by atoms with Crippen molar-refractivity contribution in [3.05, 3.63) is 0 Å². The molecule has 0 amide bonds. The molecule has 0 radical (unpaired) electrons. The summed E-state index contributed by atoms with van der Waals surface area (Å²) < 4.78 is 11.3. The summed E-state index contributed by atoms with van der Waals surface area (Å²) in [7, 11) is 0. The third-order valence-electron chi connectivity index (χ3n) is 8.96. The van der Waals surface area contributed by atoms with E-state index in [1.54, 1.807) is 0 Å². The molecule has 3 saturated carbocycles. The van der Waals surface area contributed by atoms with Gasteiger partial charge in [-0.25, -0.2) is 0 Å². The predicted octanol–water partition coefficient (Wildman–Crippen LogP) is 3.47. The van der Waals surface area contributed by atoms with Crippen molar-refractivity contribution < 1.29 is 19.4 Å². The van der Waals surface area contributed by atoms with Crippen molar-refractivity contribution in [2.75, 3.05) is 0 Å².